The Labute approximate surface area is 183 Å². The Morgan fingerprint density at radius 1 is 1.27 bits per heavy atom. The third-order valence-electron chi connectivity index (χ3n) is 9.00. The van der Waals surface area contributed by atoms with E-state index in [1.54, 1.807) is 6.92 Å². The second kappa shape index (κ2) is 7.30. The number of alkyl halides is 1. The highest BCUT2D eigenvalue weighted by Gasteiger charge is 2.66. The molecule has 30 heavy (non-hydrogen) atoms. The quantitative estimate of drug-likeness (QED) is 0.625. The van der Waals surface area contributed by atoms with Gasteiger partial charge in [-0.15, -0.1) is 0 Å². The van der Waals surface area contributed by atoms with Gasteiger partial charge in [-0.25, -0.2) is 4.39 Å². The van der Waals surface area contributed by atoms with Gasteiger partial charge in [0.15, 0.2) is 5.78 Å². The van der Waals surface area contributed by atoms with Crippen molar-refractivity contribution in [3.05, 3.63) is 10.6 Å². The Hall–Kier alpha value is -0.940. The van der Waals surface area contributed by atoms with Crippen LogP contribution in [0.15, 0.2) is 10.6 Å². The minimum absolute atomic E-state index is 0.0276. The fraction of sp³-hybridized carbons (Fsp3) is 0.833. The Morgan fingerprint density at radius 3 is 2.57 bits per heavy atom. The third kappa shape index (κ3) is 2.94. The number of allylic oxidation sites excluding steroid dienone is 1. The normalized spacial score (nSPS) is 50.6. The number of aliphatic hydroxyl groups excluding tert-OH is 1. The maximum absolute atomic E-state index is 15.6. The number of halogens is 2. The zero-order valence-electron chi connectivity index (χ0n) is 18.6. The molecule has 0 saturated heterocycles. The van der Waals surface area contributed by atoms with Crippen molar-refractivity contribution < 1.29 is 23.8 Å². The summed E-state index contributed by atoms with van der Waals surface area (Å²) >= 11 is 6.41. The Morgan fingerprint density at radius 2 is 1.93 bits per heavy atom. The van der Waals surface area contributed by atoms with Crippen LogP contribution >= 0.6 is 11.6 Å². The molecule has 0 amide bonds. The van der Waals surface area contributed by atoms with Crippen molar-refractivity contribution >= 4 is 23.4 Å². The van der Waals surface area contributed by atoms with Crippen LogP contribution in [-0.4, -0.2) is 35.2 Å². The summed E-state index contributed by atoms with van der Waals surface area (Å²) in [6.07, 6.45) is 0.297. The number of carbonyl (C=O) groups excluding carboxylic acids is 2. The maximum atomic E-state index is 15.6. The predicted octanol–water partition coefficient (Wildman–Crippen LogP) is 4.82. The summed E-state index contributed by atoms with van der Waals surface area (Å²) in [7, 11) is 0. The highest BCUT2D eigenvalue weighted by atomic mass is 35.5. The number of aliphatic hydroxyl groups is 1. The Balaban J connectivity index is 1.75. The third-order valence-corrected chi connectivity index (χ3v) is 9.39. The molecule has 4 rings (SSSR count). The number of hydrogen-bond donors (Lipinski definition) is 1. The average molecular weight is 441 g/mol. The van der Waals surface area contributed by atoms with Crippen molar-refractivity contribution in [1.82, 2.24) is 0 Å². The lowest BCUT2D eigenvalue weighted by Crippen LogP contribution is -2.60. The van der Waals surface area contributed by atoms with Gasteiger partial charge in [0, 0.05) is 17.8 Å². The summed E-state index contributed by atoms with van der Waals surface area (Å²) in [5, 5.41) is 11.5. The molecule has 4 aliphatic rings. The molecule has 10 atom stereocenters. The minimum atomic E-state index is -1.28. The molecule has 0 aromatic heterocycles. The van der Waals surface area contributed by atoms with E-state index in [1.807, 2.05) is 13.8 Å². The van der Waals surface area contributed by atoms with Crippen molar-refractivity contribution in [2.24, 2.45) is 40.4 Å². The predicted molar refractivity (Wildman–Crippen MR) is 112 cm³/mol. The molecule has 4 nitrogen and oxygen atoms in total. The van der Waals surface area contributed by atoms with Crippen molar-refractivity contribution in [2.45, 2.75) is 85.1 Å². The van der Waals surface area contributed by atoms with E-state index in [2.05, 4.69) is 13.8 Å². The lowest BCUT2D eigenvalue weighted by Gasteiger charge is -2.60. The molecule has 0 aliphatic heterocycles. The van der Waals surface area contributed by atoms with Gasteiger partial charge >= 0.3 is 5.97 Å². The first-order valence-electron chi connectivity index (χ1n) is 11.4. The van der Waals surface area contributed by atoms with E-state index in [1.165, 1.54) is 0 Å². The Bertz CT molecular complexity index is 796. The lowest BCUT2D eigenvalue weighted by molar-refractivity contribution is -0.176. The first-order valence-corrected chi connectivity index (χ1v) is 11.8. The Kier molecular flexibility index (Phi) is 5.42. The van der Waals surface area contributed by atoms with Crippen molar-refractivity contribution in [3.8, 4) is 0 Å². The summed E-state index contributed by atoms with van der Waals surface area (Å²) in [6, 6.07) is 0. The first-order chi connectivity index (χ1) is 14.0. The zero-order valence-corrected chi connectivity index (χ0v) is 19.3. The van der Waals surface area contributed by atoms with Gasteiger partial charge in [0.1, 0.15) is 12.3 Å². The maximum Gasteiger partial charge on any atom is 0.305 e. The number of Topliss-reactive ketones (excluding diaryl/α,β-unsaturated/α-hetero) is 1. The van der Waals surface area contributed by atoms with E-state index in [9.17, 15) is 14.7 Å². The largest absolute Gasteiger partial charge is 0.461 e. The molecule has 3 fully saturated rings. The average Bonchev–Trinajstić information content (AvgIpc) is 2.89. The molecule has 3 saturated carbocycles. The first kappa shape index (κ1) is 22.3. The topological polar surface area (TPSA) is 63.6 Å². The molecule has 0 heterocycles. The summed E-state index contributed by atoms with van der Waals surface area (Å²) in [5.41, 5.74) is -0.590. The van der Waals surface area contributed by atoms with Crippen LogP contribution in [0.1, 0.15) is 66.7 Å². The SMILES string of the molecule is CCC(=O)O[C@@H]1[C@H](C)C[C@H]2[C@@H]3C[C@H](F)C4=C(Cl)C(=O)C(C)C[C@]4(C)[C@H]3[C@@H](O)C[C@]12C. The number of esters is 1. The number of ether oxygens (including phenoxy) is 1. The van der Waals surface area contributed by atoms with Crippen LogP contribution < -0.4 is 0 Å². The smallest absolute Gasteiger partial charge is 0.305 e. The van der Waals surface area contributed by atoms with Crippen molar-refractivity contribution in [3.63, 3.8) is 0 Å². The number of ketones is 1. The molecule has 0 aromatic rings. The fourth-order valence-electron chi connectivity index (χ4n) is 7.99. The molecule has 0 radical (unpaired) electrons. The van der Waals surface area contributed by atoms with Gasteiger partial charge in [0.2, 0.25) is 0 Å². The summed E-state index contributed by atoms with van der Waals surface area (Å²) in [6.45, 7) is 9.83. The van der Waals surface area contributed by atoms with Gasteiger partial charge < -0.3 is 9.84 Å². The molecule has 0 bridgehead atoms. The van der Waals surface area contributed by atoms with E-state index >= 15 is 4.39 Å². The molecular formula is C24H34ClFO4. The summed E-state index contributed by atoms with van der Waals surface area (Å²) < 4.78 is 21.5. The molecule has 0 aromatic carbocycles. The highest BCUT2D eigenvalue weighted by Crippen LogP contribution is 2.67. The van der Waals surface area contributed by atoms with E-state index in [4.69, 9.17) is 16.3 Å². The van der Waals surface area contributed by atoms with Crippen molar-refractivity contribution in [1.29, 1.82) is 0 Å². The van der Waals surface area contributed by atoms with E-state index in [0.717, 1.165) is 6.42 Å². The van der Waals surface area contributed by atoms with E-state index in [-0.39, 0.29) is 64.3 Å². The number of fused-ring (bicyclic) bond motifs is 5. The number of hydrogen-bond acceptors (Lipinski definition) is 4. The van der Waals surface area contributed by atoms with E-state index < -0.39 is 17.7 Å². The van der Waals surface area contributed by atoms with Gasteiger partial charge in [0.05, 0.1) is 11.1 Å². The van der Waals surface area contributed by atoms with Gasteiger partial charge in [0.25, 0.3) is 0 Å². The molecular weight excluding hydrogens is 407 g/mol. The number of carbonyl (C=O) groups is 2. The van der Waals surface area contributed by atoms with Crippen LogP contribution in [0.25, 0.3) is 0 Å². The zero-order chi connectivity index (χ0) is 22.2. The molecule has 168 valence electrons. The summed E-state index contributed by atoms with van der Waals surface area (Å²) in [4.78, 5) is 24.6. The fourth-order valence-corrected chi connectivity index (χ4v) is 8.51. The summed E-state index contributed by atoms with van der Waals surface area (Å²) in [5.74, 6) is -0.519. The van der Waals surface area contributed by atoms with Crippen molar-refractivity contribution in [2.75, 3.05) is 0 Å². The van der Waals surface area contributed by atoms with Crippen LogP contribution in [-0.2, 0) is 14.3 Å². The van der Waals surface area contributed by atoms with Gasteiger partial charge in [-0.1, -0.05) is 46.2 Å². The van der Waals surface area contributed by atoms with Gasteiger partial charge in [-0.05, 0) is 60.3 Å². The standard InChI is InChI=1S/C24H34ClFO4/c1-6-17(28)30-22-11(2)7-14-13-8-15(26)19-20(25)21(29)12(3)9-24(19,5)18(13)16(27)10-23(14,22)4/h11-16,18,22,27H,6-10H2,1-5H3/t11-,12?,13+,14+,15+,16+,18-,22-,23+,24-/m1/s1. The van der Waals surface area contributed by atoms with Crippen LogP contribution in [0.4, 0.5) is 4.39 Å². The van der Waals surface area contributed by atoms with Crippen LogP contribution in [0.3, 0.4) is 0 Å². The van der Waals surface area contributed by atoms with E-state index in [0.29, 0.717) is 24.8 Å². The van der Waals surface area contributed by atoms with Gasteiger partial charge in [-0.2, -0.15) is 0 Å². The minimum Gasteiger partial charge on any atom is -0.461 e. The molecule has 6 heteroatoms. The van der Waals surface area contributed by atoms with Crippen LogP contribution in [0.5, 0.6) is 0 Å². The highest BCUT2D eigenvalue weighted by molar-refractivity contribution is 6.43. The monoisotopic (exact) mass is 440 g/mol. The molecule has 1 N–H and O–H groups in total. The second-order valence-electron chi connectivity index (χ2n) is 10.9. The van der Waals surface area contributed by atoms with Gasteiger partial charge in [-0.3, -0.25) is 9.59 Å². The molecule has 4 aliphatic carbocycles. The number of rotatable bonds is 2. The lowest BCUT2D eigenvalue weighted by atomic mass is 9.45. The molecule has 0 spiro atoms. The second-order valence-corrected chi connectivity index (χ2v) is 11.2. The van der Waals surface area contributed by atoms with Crippen LogP contribution in [0.2, 0.25) is 0 Å². The van der Waals surface area contributed by atoms with Crippen LogP contribution in [0, 0.1) is 40.4 Å². The molecule has 1 unspecified atom stereocenters.